The zero-order valence-electron chi connectivity index (χ0n) is 13.8. The van der Waals surface area contributed by atoms with Crippen molar-refractivity contribution in [3.05, 3.63) is 29.8 Å². The molecule has 1 aromatic carbocycles. The smallest absolute Gasteiger partial charge is 0.251 e. The zero-order chi connectivity index (χ0) is 17.2. The van der Waals surface area contributed by atoms with Gasteiger partial charge in [0.05, 0.1) is 4.90 Å². The molecule has 1 fully saturated rings. The van der Waals surface area contributed by atoms with Gasteiger partial charge in [-0.2, -0.15) is 4.31 Å². The Morgan fingerprint density at radius 3 is 2.57 bits per heavy atom. The van der Waals surface area contributed by atoms with E-state index in [0.29, 0.717) is 18.0 Å². The third-order valence-corrected chi connectivity index (χ3v) is 6.29. The highest BCUT2D eigenvalue weighted by Gasteiger charge is 2.31. The maximum absolute atomic E-state index is 12.5. The van der Waals surface area contributed by atoms with Crippen LogP contribution in [0.1, 0.15) is 37.0 Å². The second kappa shape index (κ2) is 6.98. The topological polar surface area (TPSA) is 92.5 Å². The van der Waals surface area contributed by atoms with E-state index in [1.54, 1.807) is 26.0 Å². The van der Waals surface area contributed by atoms with E-state index >= 15 is 0 Å². The molecule has 7 heteroatoms. The van der Waals surface area contributed by atoms with Crippen LogP contribution in [-0.4, -0.2) is 44.3 Å². The van der Waals surface area contributed by atoms with Gasteiger partial charge >= 0.3 is 0 Å². The van der Waals surface area contributed by atoms with E-state index in [0.717, 1.165) is 12.8 Å². The number of hydrogen-bond donors (Lipinski definition) is 2. The van der Waals surface area contributed by atoms with Gasteiger partial charge in [-0.05, 0) is 50.8 Å². The highest BCUT2D eigenvalue weighted by Crippen LogP contribution is 2.32. The minimum atomic E-state index is -3.60. The molecule has 0 heterocycles. The Labute approximate surface area is 138 Å². The van der Waals surface area contributed by atoms with E-state index in [2.05, 4.69) is 5.32 Å². The van der Waals surface area contributed by atoms with Crippen LogP contribution in [0, 0.1) is 5.92 Å². The average Bonchev–Trinajstić information content (AvgIpc) is 3.36. The van der Waals surface area contributed by atoms with Crippen molar-refractivity contribution in [2.24, 2.45) is 11.7 Å². The van der Waals surface area contributed by atoms with Gasteiger partial charge < -0.3 is 11.1 Å². The first-order valence-electron chi connectivity index (χ1n) is 7.86. The summed E-state index contributed by atoms with van der Waals surface area (Å²) in [6, 6.07) is 5.93. The van der Waals surface area contributed by atoms with Crippen LogP contribution in [0.2, 0.25) is 0 Å². The van der Waals surface area contributed by atoms with Gasteiger partial charge in [0.15, 0.2) is 0 Å². The van der Waals surface area contributed by atoms with Gasteiger partial charge in [-0.15, -0.1) is 0 Å². The zero-order valence-corrected chi connectivity index (χ0v) is 14.6. The van der Waals surface area contributed by atoms with Gasteiger partial charge in [0, 0.05) is 31.2 Å². The van der Waals surface area contributed by atoms with Crippen LogP contribution in [0.5, 0.6) is 0 Å². The van der Waals surface area contributed by atoms with Crippen molar-refractivity contribution in [1.29, 1.82) is 0 Å². The Morgan fingerprint density at radius 1 is 1.39 bits per heavy atom. The summed E-state index contributed by atoms with van der Waals surface area (Å²) in [4.78, 5) is 12.5. The summed E-state index contributed by atoms with van der Waals surface area (Å²) in [5, 5.41) is 2.90. The lowest BCUT2D eigenvalue weighted by Gasteiger charge is -2.21. The molecule has 1 unspecified atom stereocenters. The molecule has 0 spiro atoms. The van der Waals surface area contributed by atoms with Gasteiger partial charge in [0.25, 0.3) is 5.91 Å². The number of benzene rings is 1. The third-order valence-electron chi connectivity index (χ3n) is 4.26. The summed E-state index contributed by atoms with van der Waals surface area (Å²) in [5.74, 6) is 0.166. The normalized spacial score (nSPS) is 16.6. The predicted octanol–water partition coefficient (Wildman–Crippen LogP) is 1.18. The standard InChI is InChI=1S/C16H25N3O3S/c1-11(2)19(3)23(21,22)14-6-4-5-13(9-14)16(20)18-15(10-17)12-7-8-12/h4-6,9,11-12,15H,7-8,10,17H2,1-3H3,(H,18,20). The molecule has 1 aliphatic carbocycles. The molecule has 0 bridgehead atoms. The minimum absolute atomic E-state index is 0.0406. The van der Waals surface area contributed by atoms with Gasteiger partial charge in [-0.25, -0.2) is 8.42 Å². The second-order valence-corrected chi connectivity index (χ2v) is 8.29. The summed E-state index contributed by atoms with van der Waals surface area (Å²) in [6.07, 6.45) is 2.16. The number of nitrogens with zero attached hydrogens (tertiary/aromatic N) is 1. The molecule has 1 atom stereocenters. The Balaban J connectivity index is 2.20. The number of nitrogens with two attached hydrogens (primary N) is 1. The van der Waals surface area contributed by atoms with Crippen molar-refractivity contribution < 1.29 is 13.2 Å². The van der Waals surface area contributed by atoms with E-state index in [-0.39, 0.29) is 22.9 Å². The SMILES string of the molecule is CC(C)N(C)S(=O)(=O)c1cccc(C(=O)NC(CN)C2CC2)c1. The maximum atomic E-state index is 12.5. The number of carbonyl (C=O) groups excluding carboxylic acids is 1. The van der Waals surface area contributed by atoms with Crippen LogP contribution >= 0.6 is 0 Å². The van der Waals surface area contributed by atoms with Gasteiger partial charge in [0.2, 0.25) is 10.0 Å². The van der Waals surface area contributed by atoms with Gasteiger partial charge in [-0.1, -0.05) is 6.07 Å². The molecule has 1 aliphatic rings. The lowest BCUT2D eigenvalue weighted by molar-refractivity contribution is 0.0933. The molecule has 1 saturated carbocycles. The Bertz CT molecular complexity index is 669. The van der Waals surface area contributed by atoms with Crippen LogP contribution in [-0.2, 0) is 10.0 Å². The molecule has 1 aromatic rings. The number of nitrogens with one attached hydrogen (secondary N) is 1. The number of amides is 1. The highest BCUT2D eigenvalue weighted by molar-refractivity contribution is 7.89. The number of hydrogen-bond acceptors (Lipinski definition) is 4. The van der Waals surface area contributed by atoms with E-state index < -0.39 is 10.0 Å². The number of sulfonamides is 1. The van der Waals surface area contributed by atoms with Crippen LogP contribution in [0.4, 0.5) is 0 Å². The van der Waals surface area contributed by atoms with Crippen molar-refractivity contribution in [3.63, 3.8) is 0 Å². The quantitative estimate of drug-likeness (QED) is 0.780. The molecular formula is C16H25N3O3S. The monoisotopic (exact) mass is 339 g/mol. The first kappa shape index (κ1) is 17.9. The average molecular weight is 339 g/mol. The van der Waals surface area contributed by atoms with Crippen LogP contribution in [0.15, 0.2) is 29.2 Å². The molecule has 0 saturated heterocycles. The molecule has 23 heavy (non-hydrogen) atoms. The molecule has 0 aromatic heterocycles. The van der Waals surface area contributed by atoms with Crippen LogP contribution in [0.25, 0.3) is 0 Å². The first-order chi connectivity index (χ1) is 10.8. The molecule has 1 amide bonds. The Morgan fingerprint density at radius 2 is 2.04 bits per heavy atom. The van der Waals surface area contributed by atoms with Crippen LogP contribution < -0.4 is 11.1 Å². The fourth-order valence-corrected chi connectivity index (χ4v) is 3.78. The van der Waals surface area contributed by atoms with Crippen molar-refractivity contribution >= 4 is 15.9 Å². The second-order valence-electron chi connectivity index (χ2n) is 6.30. The summed E-state index contributed by atoms with van der Waals surface area (Å²) < 4.78 is 26.3. The van der Waals surface area contributed by atoms with Crippen molar-refractivity contribution in [1.82, 2.24) is 9.62 Å². The summed E-state index contributed by atoms with van der Waals surface area (Å²) >= 11 is 0. The van der Waals surface area contributed by atoms with Crippen molar-refractivity contribution in [3.8, 4) is 0 Å². The molecular weight excluding hydrogens is 314 g/mol. The minimum Gasteiger partial charge on any atom is -0.348 e. The lowest BCUT2D eigenvalue weighted by Crippen LogP contribution is -2.41. The fourth-order valence-electron chi connectivity index (χ4n) is 2.36. The predicted molar refractivity (Wildman–Crippen MR) is 89.6 cm³/mol. The van der Waals surface area contributed by atoms with E-state index in [1.807, 2.05) is 0 Å². The molecule has 2 rings (SSSR count). The Hall–Kier alpha value is -1.44. The highest BCUT2D eigenvalue weighted by atomic mass is 32.2. The summed E-state index contributed by atoms with van der Waals surface area (Å²) in [7, 11) is -2.07. The number of rotatable bonds is 7. The van der Waals surface area contributed by atoms with Gasteiger partial charge in [0.1, 0.15) is 0 Å². The molecule has 128 valence electrons. The lowest BCUT2D eigenvalue weighted by atomic mass is 10.1. The van der Waals surface area contributed by atoms with Crippen LogP contribution in [0.3, 0.4) is 0 Å². The Kier molecular flexibility index (Phi) is 5.44. The first-order valence-corrected chi connectivity index (χ1v) is 9.30. The third kappa shape index (κ3) is 4.10. The number of carbonyl (C=O) groups is 1. The molecule has 6 nitrogen and oxygen atoms in total. The van der Waals surface area contributed by atoms with E-state index in [9.17, 15) is 13.2 Å². The summed E-state index contributed by atoms with van der Waals surface area (Å²) in [5.41, 5.74) is 6.03. The maximum Gasteiger partial charge on any atom is 0.251 e. The summed E-state index contributed by atoms with van der Waals surface area (Å²) in [6.45, 7) is 4.00. The van der Waals surface area contributed by atoms with E-state index in [4.69, 9.17) is 5.73 Å². The molecule has 0 radical (unpaired) electrons. The fraction of sp³-hybridized carbons (Fsp3) is 0.562. The van der Waals surface area contributed by atoms with E-state index in [1.165, 1.54) is 23.5 Å². The van der Waals surface area contributed by atoms with Crippen molar-refractivity contribution in [2.45, 2.75) is 43.7 Å². The largest absolute Gasteiger partial charge is 0.348 e. The molecule has 0 aliphatic heterocycles. The van der Waals surface area contributed by atoms with Gasteiger partial charge in [-0.3, -0.25) is 4.79 Å². The molecule has 3 N–H and O–H groups in total. The van der Waals surface area contributed by atoms with Crippen molar-refractivity contribution in [2.75, 3.05) is 13.6 Å².